The van der Waals surface area contributed by atoms with E-state index >= 15 is 0 Å². The SMILES string of the molecule is Cc1nn(C)c(N(CCC#N)c2ccccc2)c1CO. The van der Waals surface area contributed by atoms with Crippen LogP contribution < -0.4 is 4.90 Å². The van der Waals surface area contributed by atoms with Crippen molar-refractivity contribution in [3.8, 4) is 6.07 Å². The van der Waals surface area contributed by atoms with Crippen LogP contribution in [0, 0.1) is 18.3 Å². The highest BCUT2D eigenvalue weighted by molar-refractivity contribution is 5.64. The van der Waals surface area contributed by atoms with Crippen molar-refractivity contribution in [1.82, 2.24) is 9.78 Å². The van der Waals surface area contributed by atoms with Gasteiger partial charge in [-0.1, -0.05) is 18.2 Å². The zero-order valence-electron chi connectivity index (χ0n) is 11.7. The lowest BCUT2D eigenvalue weighted by Crippen LogP contribution is -2.22. The highest BCUT2D eigenvalue weighted by atomic mass is 16.3. The van der Waals surface area contributed by atoms with E-state index in [2.05, 4.69) is 11.2 Å². The molecule has 0 atom stereocenters. The van der Waals surface area contributed by atoms with E-state index in [0.29, 0.717) is 13.0 Å². The lowest BCUT2D eigenvalue weighted by Gasteiger charge is -2.25. The molecule has 0 bridgehead atoms. The van der Waals surface area contributed by atoms with E-state index in [1.807, 2.05) is 49.2 Å². The van der Waals surface area contributed by atoms with Crippen LogP contribution in [0.3, 0.4) is 0 Å². The van der Waals surface area contributed by atoms with Gasteiger partial charge in [-0.25, -0.2) is 0 Å². The highest BCUT2D eigenvalue weighted by Crippen LogP contribution is 2.30. The molecule has 2 rings (SSSR count). The van der Waals surface area contributed by atoms with E-state index in [9.17, 15) is 5.11 Å². The summed E-state index contributed by atoms with van der Waals surface area (Å²) >= 11 is 0. The summed E-state index contributed by atoms with van der Waals surface area (Å²) in [5.74, 6) is 0.839. The number of benzene rings is 1. The van der Waals surface area contributed by atoms with Gasteiger partial charge in [0.1, 0.15) is 5.82 Å². The molecular formula is C15H18N4O. The fourth-order valence-corrected chi connectivity index (χ4v) is 2.34. The van der Waals surface area contributed by atoms with Crippen molar-refractivity contribution in [3.63, 3.8) is 0 Å². The highest BCUT2D eigenvalue weighted by Gasteiger charge is 2.19. The van der Waals surface area contributed by atoms with Gasteiger partial charge in [0.2, 0.25) is 0 Å². The molecule has 1 N–H and O–H groups in total. The van der Waals surface area contributed by atoms with Gasteiger partial charge < -0.3 is 10.0 Å². The van der Waals surface area contributed by atoms with Crippen LogP contribution in [-0.2, 0) is 13.7 Å². The van der Waals surface area contributed by atoms with E-state index < -0.39 is 0 Å². The molecule has 0 aliphatic rings. The zero-order valence-corrected chi connectivity index (χ0v) is 11.7. The van der Waals surface area contributed by atoms with Crippen molar-refractivity contribution in [2.24, 2.45) is 7.05 Å². The number of rotatable bonds is 5. The average Bonchev–Trinajstić information content (AvgIpc) is 2.75. The first kappa shape index (κ1) is 14.1. The van der Waals surface area contributed by atoms with Crippen LogP contribution in [-0.4, -0.2) is 21.4 Å². The van der Waals surface area contributed by atoms with Gasteiger partial charge in [-0.2, -0.15) is 10.4 Å². The molecule has 0 unspecified atom stereocenters. The molecule has 1 heterocycles. The number of nitriles is 1. The second-order valence-corrected chi connectivity index (χ2v) is 4.56. The fourth-order valence-electron chi connectivity index (χ4n) is 2.34. The van der Waals surface area contributed by atoms with Crippen molar-refractivity contribution >= 4 is 11.5 Å². The molecule has 104 valence electrons. The monoisotopic (exact) mass is 270 g/mol. The normalized spacial score (nSPS) is 10.3. The van der Waals surface area contributed by atoms with E-state index in [0.717, 1.165) is 22.8 Å². The summed E-state index contributed by atoms with van der Waals surface area (Å²) in [4.78, 5) is 2.02. The van der Waals surface area contributed by atoms with Crippen LogP contribution in [0.15, 0.2) is 30.3 Å². The molecule has 0 radical (unpaired) electrons. The number of para-hydroxylation sites is 1. The van der Waals surface area contributed by atoms with Gasteiger partial charge in [-0.15, -0.1) is 0 Å². The lowest BCUT2D eigenvalue weighted by molar-refractivity contribution is 0.281. The molecule has 0 aliphatic carbocycles. The van der Waals surface area contributed by atoms with Crippen molar-refractivity contribution in [2.75, 3.05) is 11.4 Å². The van der Waals surface area contributed by atoms with Crippen LogP contribution in [0.5, 0.6) is 0 Å². The van der Waals surface area contributed by atoms with Gasteiger partial charge in [-0.05, 0) is 19.1 Å². The number of nitrogens with zero attached hydrogens (tertiary/aromatic N) is 4. The molecule has 5 nitrogen and oxygen atoms in total. The van der Waals surface area contributed by atoms with Gasteiger partial charge in [0.15, 0.2) is 0 Å². The van der Waals surface area contributed by atoms with Crippen LogP contribution in [0.2, 0.25) is 0 Å². The summed E-state index contributed by atoms with van der Waals surface area (Å²) in [6, 6.07) is 12.0. The maximum absolute atomic E-state index is 9.59. The van der Waals surface area contributed by atoms with E-state index in [1.54, 1.807) is 4.68 Å². The fraction of sp³-hybridized carbons (Fsp3) is 0.333. The molecule has 0 saturated carbocycles. The Bertz CT molecular complexity index is 613. The molecule has 1 aromatic carbocycles. The summed E-state index contributed by atoms with van der Waals surface area (Å²) < 4.78 is 1.76. The van der Waals surface area contributed by atoms with Crippen LogP contribution in [0.25, 0.3) is 0 Å². The van der Waals surface area contributed by atoms with Crippen molar-refractivity contribution < 1.29 is 5.11 Å². The van der Waals surface area contributed by atoms with Gasteiger partial charge in [0, 0.05) is 24.8 Å². The second-order valence-electron chi connectivity index (χ2n) is 4.56. The Morgan fingerprint density at radius 3 is 2.65 bits per heavy atom. The van der Waals surface area contributed by atoms with Crippen LogP contribution in [0.4, 0.5) is 11.5 Å². The maximum atomic E-state index is 9.59. The summed E-state index contributed by atoms with van der Waals surface area (Å²) in [6.07, 6.45) is 0.407. The molecule has 20 heavy (non-hydrogen) atoms. The van der Waals surface area contributed by atoms with Gasteiger partial charge in [0.25, 0.3) is 0 Å². The van der Waals surface area contributed by atoms with E-state index in [-0.39, 0.29) is 6.61 Å². The first-order chi connectivity index (χ1) is 9.69. The Kier molecular flexibility index (Phi) is 4.38. The zero-order chi connectivity index (χ0) is 14.5. The van der Waals surface area contributed by atoms with Gasteiger partial charge in [-0.3, -0.25) is 4.68 Å². The molecule has 2 aromatic rings. The standard InChI is InChI=1S/C15H18N4O/c1-12-14(11-20)15(18(2)17-12)19(10-6-9-16)13-7-4-3-5-8-13/h3-5,7-8,20H,6,10-11H2,1-2H3. The Morgan fingerprint density at radius 2 is 2.05 bits per heavy atom. The lowest BCUT2D eigenvalue weighted by atomic mass is 10.2. The van der Waals surface area contributed by atoms with Gasteiger partial charge in [0.05, 0.1) is 24.8 Å². The van der Waals surface area contributed by atoms with Crippen LogP contribution in [0.1, 0.15) is 17.7 Å². The Hall–Kier alpha value is -2.32. The summed E-state index contributed by atoms with van der Waals surface area (Å²) in [6.45, 7) is 2.37. The molecule has 1 aromatic heterocycles. The minimum atomic E-state index is -0.0646. The minimum absolute atomic E-state index is 0.0646. The Balaban J connectivity index is 2.50. The van der Waals surface area contributed by atoms with Crippen molar-refractivity contribution in [2.45, 2.75) is 20.0 Å². The largest absolute Gasteiger partial charge is 0.391 e. The molecule has 0 aliphatic heterocycles. The smallest absolute Gasteiger partial charge is 0.136 e. The molecule has 0 saturated heterocycles. The first-order valence-electron chi connectivity index (χ1n) is 6.52. The number of aryl methyl sites for hydroxylation is 2. The van der Waals surface area contributed by atoms with E-state index in [1.165, 1.54) is 0 Å². The molecule has 5 heteroatoms. The minimum Gasteiger partial charge on any atom is -0.391 e. The third kappa shape index (κ3) is 2.65. The number of anilines is 2. The average molecular weight is 270 g/mol. The summed E-state index contributed by atoms with van der Waals surface area (Å²) in [7, 11) is 1.85. The molecule has 0 fully saturated rings. The van der Waals surface area contributed by atoms with Gasteiger partial charge >= 0.3 is 0 Å². The summed E-state index contributed by atoms with van der Waals surface area (Å²) in [5.41, 5.74) is 2.60. The Labute approximate surface area is 118 Å². The number of aliphatic hydroxyl groups excluding tert-OH is 1. The number of aromatic nitrogens is 2. The van der Waals surface area contributed by atoms with Crippen LogP contribution >= 0.6 is 0 Å². The number of hydrogen-bond donors (Lipinski definition) is 1. The molecule has 0 spiro atoms. The third-order valence-corrected chi connectivity index (χ3v) is 3.24. The quantitative estimate of drug-likeness (QED) is 0.905. The predicted octanol–water partition coefficient (Wildman–Crippen LogP) is 2.27. The molecule has 0 amide bonds. The topological polar surface area (TPSA) is 65.1 Å². The van der Waals surface area contributed by atoms with E-state index in [4.69, 9.17) is 5.26 Å². The summed E-state index contributed by atoms with van der Waals surface area (Å²) in [5, 5.41) is 22.8. The predicted molar refractivity (Wildman–Crippen MR) is 77.5 cm³/mol. The van der Waals surface area contributed by atoms with Crippen molar-refractivity contribution in [1.29, 1.82) is 5.26 Å². The number of hydrogen-bond acceptors (Lipinski definition) is 4. The third-order valence-electron chi connectivity index (χ3n) is 3.24. The molecular weight excluding hydrogens is 252 g/mol. The Morgan fingerprint density at radius 1 is 1.35 bits per heavy atom. The maximum Gasteiger partial charge on any atom is 0.136 e. The second kappa shape index (κ2) is 6.22. The van der Waals surface area contributed by atoms with Crippen molar-refractivity contribution in [3.05, 3.63) is 41.6 Å². The first-order valence-corrected chi connectivity index (χ1v) is 6.52. The number of aliphatic hydroxyl groups is 1.